The molecule has 5 rings (SSSR count). The molecule has 0 bridgehead atoms. The van der Waals surface area contributed by atoms with E-state index in [2.05, 4.69) is 0 Å². The summed E-state index contributed by atoms with van der Waals surface area (Å²) < 4.78 is 11.7. The van der Waals surface area contributed by atoms with Gasteiger partial charge in [-0.15, -0.1) is 0 Å². The Hall–Kier alpha value is -3.70. The molecule has 5 heteroatoms. The van der Waals surface area contributed by atoms with Crippen molar-refractivity contribution in [3.63, 3.8) is 0 Å². The third kappa shape index (κ3) is 3.05. The van der Waals surface area contributed by atoms with Crippen molar-refractivity contribution in [3.8, 4) is 5.75 Å². The van der Waals surface area contributed by atoms with Gasteiger partial charge in [0, 0.05) is 12.0 Å². The first-order valence-corrected chi connectivity index (χ1v) is 10.1. The lowest BCUT2D eigenvalue weighted by Gasteiger charge is -2.33. The van der Waals surface area contributed by atoms with Gasteiger partial charge in [0.1, 0.15) is 5.75 Å². The summed E-state index contributed by atoms with van der Waals surface area (Å²) in [5.41, 5.74) is 2.24. The number of para-hydroxylation sites is 2. The quantitative estimate of drug-likeness (QED) is 0.480. The number of hydrogen-bond donors (Lipinski definition) is 0. The van der Waals surface area contributed by atoms with E-state index in [9.17, 15) is 9.59 Å². The van der Waals surface area contributed by atoms with E-state index in [0.717, 1.165) is 16.7 Å². The molecular formula is C26H21NO4. The highest BCUT2D eigenvalue weighted by atomic mass is 16.5. The maximum absolute atomic E-state index is 13.8. The first kappa shape index (κ1) is 19.3. The second kappa shape index (κ2) is 7.52. The Balaban J connectivity index is 1.69. The zero-order valence-electron chi connectivity index (χ0n) is 17.1. The summed E-state index contributed by atoms with van der Waals surface area (Å²) in [5, 5.41) is 0. The van der Waals surface area contributed by atoms with Crippen LogP contribution in [0.1, 0.15) is 16.7 Å². The number of methoxy groups -OCH3 is 1. The van der Waals surface area contributed by atoms with Crippen molar-refractivity contribution in [1.29, 1.82) is 0 Å². The largest absolute Gasteiger partial charge is 0.496 e. The van der Waals surface area contributed by atoms with Crippen molar-refractivity contribution in [1.82, 2.24) is 0 Å². The van der Waals surface area contributed by atoms with Gasteiger partial charge >= 0.3 is 0 Å². The molecule has 1 fully saturated rings. The lowest BCUT2D eigenvalue weighted by atomic mass is 9.83. The zero-order chi connectivity index (χ0) is 21.4. The highest BCUT2D eigenvalue weighted by molar-refractivity contribution is 6.34. The van der Waals surface area contributed by atoms with Gasteiger partial charge in [-0.05, 0) is 35.4 Å². The van der Waals surface area contributed by atoms with Gasteiger partial charge in [-0.3, -0.25) is 9.59 Å². The van der Waals surface area contributed by atoms with Crippen molar-refractivity contribution in [2.75, 3.05) is 12.0 Å². The molecule has 2 amide bonds. The van der Waals surface area contributed by atoms with E-state index >= 15 is 0 Å². The molecule has 0 aromatic heterocycles. The number of anilines is 1. The van der Waals surface area contributed by atoms with Crippen LogP contribution in [0.15, 0.2) is 84.4 Å². The monoisotopic (exact) mass is 411 g/mol. The number of amides is 2. The van der Waals surface area contributed by atoms with Crippen molar-refractivity contribution < 1.29 is 19.1 Å². The van der Waals surface area contributed by atoms with Gasteiger partial charge in [0.15, 0.2) is 5.60 Å². The number of carbonyl (C=O) groups is 2. The van der Waals surface area contributed by atoms with Crippen LogP contribution in [0.25, 0.3) is 6.08 Å². The van der Waals surface area contributed by atoms with Gasteiger partial charge in [0.05, 0.1) is 25.0 Å². The lowest BCUT2D eigenvalue weighted by Crippen LogP contribution is -2.47. The Bertz CT molecular complexity index is 1200. The van der Waals surface area contributed by atoms with Crippen LogP contribution < -0.4 is 9.64 Å². The van der Waals surface area contributed by atoms with E-state index in [1.165, 1.54) is 4.90 Å². The number of nitrogens with zero attached hydrogens (tertiary/aromatic N) is 1. The van der Waals surface area contributed by atoms with Gasteiger partial charge in [-0.25, -0.2) is 4.90 Å². The SMILES string of the molecule is COc1ccccc1/C=C1/C(=O)N(c2ccccc2)C(=O)C12Cc1ccccc1CO2. The molecule has 0 N–H and O–H groups in total. The molecule has 0 aliphatic carbocycles. The van der Waals surface area contributed by atoms with Crippen LogP contribution in [0.5, 0.6) is 5.75 Å². The minimum absolute atomic E-state index is 0.265. The van der Waals surface area contributed by atoms with Gasteiger partial charge in [0.25, 0.3) is 11.8 Å². The standard InChI is InChI=1S/C26H21NO4/c1-30-23-14-8-7-9-18(23)15-22-24(28)27(21-12-3-2-4-13-21)25(29)26(22)16-19-10-5-6-11-20(19)17-31-26/h2-15H,16-17H2,1H3/b22-15-. The van der Waals surface area contributed by atoms with Crippen molar-refractivity contribution >= 4 is 23.6 Å². The Morgan fingerprint density at radius 3 is 2.35 bits per heavy atom. The predicted molar refractivity (Wildman–Crippen MR) is 118 cm³/mol. The maximum Gasteiger partial charge on any atom is 0.271 e. The highest BCUT2D eigenvalue weighted by Gasteiger charge is 2.58. The molecule has 3 aromatic carbocycles. The minimum Gasteiger partial charge on any atom is -0.496 e. The molecule has 2 aliphatic heterocycles. The molecule has 1 saturated heterocycles. The highest BCUT2D eigenvalue weighted by Crippen LogP contribution is 2.43. The number of rotatable bonds is 3. The molecule has 0 saturated carbocycles. The number of fused-ring (bicyclic) bond motifs is 1. The van der Waals surface area contributed by atoms with Gasteiger partial charge in [-0.1, -0.05) is 60.7 Å². The van der Waals surface area contributed by atoms with Crippen LogP contribution in [0.4, 0.5) is 5.69 Å². The second-order valence-electron chi connectivity index (χ2n) is 7.64. The van der Waals surface area contributed by atoms with Crippen molar-refractivity contribution in [2.24, 2.45) is 0 Å². The summed E-state index contributed by atoms with van der Waals surface area (Å²) in [7, 11) is 1.58. The molecule has 154 valence electrons. The molecule has 2 heterocycles. The summed E-state index contributed by atoms with van der Waals surface area (Å²) >= 11 is 0. The fraction of sp³-hybridized carbons (Fsp3) is 0.154. The minimum atomic E-state index is -1.37. The number of hydrogen-bond acceptors (Lipinski definition) is 4. The Morgan fingerprint density at radius 2 is 1.58 bits per heavy atom. The third-order valence-electron chi connectivity index (χ3n) is 5.90. The average Bonchev–Trinajstić information content (AvgIpc) is 3.01. The number of benzene rings is 3. The number of ether oxygens (including phenoxy) is 2. The molecule has 2 aliphatic rings. The van der Waals surface area contributed by atoms with Crippen LogP contribution in [0, 0.1) is 0 Å². The van der Waals surface area contributed by atoms with Crippen LogP contribution in [0.3, 0.4) is 0 Å². The first-order chi connectivity index (χ1) is 15.1. The third-order valence-corrected chi connectivity index (χ3v) is 5.90. The molecule has 1 spiro atoms. The van der Waals surface area contributed by atoms with Crippen molar-refractivity contribution in [3.05, 3.63) is 101 Å². The van der Waals surface area contributed by atoms with E-state index in [0.29, 0.717) is 23.4 Å². The zero-order valence-corrected chi connectivity index (χ0v) is 17.1. The maximum atomic E-state index is 13.8. The summed E-state index contributed by atoms with van der Waals surface area (Å²) in [5.74, 6) is -0.111. The molecule has 1 atom stereocenters. The first-order valence-electron chi connectivity index (χ1n) is 10.1. The lowest BCUT2D eigenvalue weighted by molar-refractivity contribution is -0.138. The fourth-order valence-corrected chi connectivity index (χ4v) is 4.31. The molecular weight excluding hydrogens is 390 g/mol. The Labute approximate surface area is 180 Å². The molecule has 5 nitrogen and oxygen atoms in total. The summed E-state index contributed by atoms with van der Waals surface area (Å²) in [6.45, 7) is 0.265. The van der Waals surface area contributed by atoms with Gasteiger partial charge < -0.3 is 9.47 Å². The topological polar surface area (TPSA) is 55.8 Å². The van der Waals surface area contributed by atoms with Crippen LogP contribution in [-0.4, -0.2) is 24.5 Å². The summed E-state index contributed by atoms with van der Waals surface area (Å²) in [6, 6.07) is 24.3. The number of imide groups is 1. The van der Waals surface area contributed by atoms with E-state index in [4.69, 9.17) is 9.47 Å². The molecule has 3 aromatic rings. The summed E-state index contributed by atoms with van der Waals surface area (Å²) in [6.07, 6.45) is 2.04. The van der Waals surface area contributed by atoms with Crippen molar-refractivity contribution in [2.45, 2.75) is 18.6 Å². The van der Waals surface area contributed by atoms with Crippen LogP contribution in [-0.2, 0) is 27.4 Å². The average molecular weight is 411 g/mol. The predicted octanol–water partition coefficient (Wildman–Crippen LogP) is 4.16. The molecule has 0 radical (unpaired) electrons. The van der Waals surface area contributed by atoms with Gasteiger partial charge in [-0.2, -0.15) is 0 Å². The van der Waals surface area contributed by atoms with E-state index in [-0.39, 0.29) is 18.4 Å². The fourth-order valence-electron chi connectivity index (χ4n) is 4.31. The normalized spacial score (nSPS) is 21.6. The van der Waals surface area contributed by atoms with E-state index in [1.54, 1.807) is 25.3 Å². The van der Waals surface area contributed by atoms with E-state index in [1.807, 2.05) is 66.7 Å². The Kier molecular flexibility index (Phi) is 4.68. The molecule has 31 heavy (non-hydrogen) atoms. The van der Waals surface area contributed by atoms with E-state index < -0.39 is 5.60 Å². The number of carbonyl (C=O) groups excluding carboxylic acids is 2. The summed E-state index contributed by atoms with van der Waals surface area (Å²) in [4.78, 5) is 28.6. The van der Waals surface area contributed by atoms with Gasteiger partial charge in [0.2, 0.25) is 0 Å². The van der Waals surface area contributed by atoms with Crippen LogP contribution in [0.2, 0.25) is 0 Å². The van der Waals surface area contributed by atoms with Crippen LogP contribution >= 0.6 is 0 Å². The molecule has 1 unspecified atom stereocenters. The smallest absolute Gasteiger partial charge is 0.271 e. The Morgan fingerprint density at radius 1 is 0.903 bits per heavy atom. The second-order valence-corrected chi connectivity index (χ2v) is 7.64.